The van der Waals surface area contributed by atoms with Crippen LogP contribution in [0.1, 0.15) is 30.2 Å². The minimum atomic E-state index is 0.508. The highest BCUT2D eigenvalue weighted by atomic mass is 32.1. The summed E-state index contributed by atoms with van der Waals surface area (Å²) in [6.45, 7) is 7.08. The summed E-state index contributed by atoms with van der Waals surface area (Å²) in [6, 6.07) is 15.5. The second-order valence-corrected chi connectivity index (χ2v) is 7.49. The Morgan fingerprint density at radius 3 is 2.64 bits per heavy atom. The van der Waals surface area contributed by atoms with E-state index >= 15 is 0 Å². The third-order valence-electron chi connectivity index (χ3n) is 4.49. The highest BCUT2D eigenvalue weighted by Crippen LogP contribution is 2.14. The van der Waals surface area contributed by atoms with Crippen LogP contribution >= 0.6 is 11.3 Å². The molecule has 25 heavy (non-hydrogen) atoms. The van der Waals surface area contributed by atoms with Crippen molar-refractivity contribution in [3.63, 3.8) is 0 Å². The van der Waals surface area contributed by atoms with Gasteiger partial charge in [-0.25, -0.2) is 4.99 Å². The van der Waals surface area contributed by atoms with Crippen molar-refractivity contribution in [1.82, 2.24) is 15.5 Å². The Kier molecular flexibility index (Phi) is 6.89. The fourth-order valence-electron chi connectivity index (χ4n) is 3.15. The molecule has 1 aliphatic rings. The van der Waals surface area contributed by atoms with Crippen molar-refractivity contribution in [2.45, 2.75) is 38.9 Å². The zero-order chi connectivity index (χ0) is 17.3. The lowest BCUT2D eigenvalue weighted by Gasteiger charge is -2.33. The first-order chi connectivity index (χ1) is 12.3. The van der Waals surface area contributed by atoms with Crippen LogP contribution in [0.25, 0.3) is 0 Å². The third kappa shape index (κ3) is 5.87. The summed E-state index contributed by atoms with van der Waals surface area (Å²) in [7, 11) is 0. The smallest absolute Gasteiger partial charge is 0.191 e. The van der Waals surface area contributed by atoms with Crippen LogP contribution in [0.3, 0.4) is 0 Å². The molecule has 5 heteroatoms. The Morgan fingerprint density at radius 1 is 1.16 bits per heavy atom. The molecule has 1 aromatic heterocycles. The van der Waals surface area contributed by atoms with E-state index < -0.39 is 0 Å². The molecule has 2 aromatic rings. The number of guanidine groups is 1. The SMILES string of the molecule is CCNC(=NCc1cccs1)NC1CCN(Cc2ccccc2)CC1. The Balaban J connectivity index is 1.46. The van der Waals surface area contributed by atoms with Gasteiger partial charge in [0.1, 0.15) is 0 Å². The molecule has 134 valence electrons. The number of hydrogen-bond acceptors (Lipinski definition) is 3. The van der Waals surface area contributed by atoms with Crippen LogP contribution in [0.5, 0.6) is 0 Å². The van der Waals surface area contributed by atoms with Crippen molar-refractivity contribution >= 4 is 17.3 Å². The van der Waals surface area contributed by atoms with Crippen LogP contribution in [0.2, 0.25) is 0 Å². The molecule has 0 saturated carbocycles. The van der Waals surface area contributed by atoms with Crippen molar-refractivity contribution in [1.29, 1.82) is 0 Å². The molecule has 1 saturated heterocycles. The molecule has 0 amide bonds. The Bertz CT molecular complexity index is 631. The molecule has 3 rings (SSSR count). The van der Waals surface area contributed by atoms with Crippen molar-refractivity contribution in [3.8, 4) is 0 Å². The molecule has 1 aromatic carbocycles. The van der Waals surface area contributed by atoms with Gasteiger partial charge in [-0.2, -0.15) is 0 Å². The highest BCUT2D eigenvalue weighted by Gasteiger charge is 2.19. The topological polar surface area (TPSA) is 39.7 Å². The summed E-state index contributed by atoms with van der Waals surface area (Å²) in [5, 5.41) is 9.10. The first-order valence-corrected chi connectivity index (χ1v) is 10.0. The normalized spacial score (nSPS) is 16.8. The van der Waals surface area contributed by atoms with E-state index in [4.69, 9.17) is 4.99 Å². The van der Waals surface area contributed by atoms with Crippen LogP contribution in [0.15, 0.2) is 52.8 Å². The van der Waals surface area contributed by atoms with Crippen LogP contribution in [0.4, 0.5) is 0 Å². The van der Waals surface area contributed by atoms with Gasteiger partial charge >= 0.3 is 0 Å². The van der Waals surface area contributed by atoms with E-state index in [2.05, 4.69) is 70.3 Å². The predicted molar refractivity (Wildman–Crippen MR) is 107 cm³/mol. The molecule has 0 aliphatic carbocycles. The maximum Gasteiger partial charge on any atom is 0.191 e. The van der Waals surface area contributed by atoms with E-state index in [1.807, 2.05) is 0 Å². The Morgan fingerprint density at radius 2 is 1.96 bits per heavy atom. The molecule has 2 heterocycles. The number of thiophene rings is 1. The van der Waals surface area contributed by atoms with Gasteiger partial charge in [0.05, 0.1) is 6.54 Å². The lowest BCUT2D eigenvalue weighted by Crippen LogP contribution is -2.48. The number of nitrogens with one attached hydrogen (secondary N) is 2. The van der Waals surface area contributed by atoms with Gasteiger partial charge in [0.15, 0.2) is 5.96 Å². The maximum absolute atomic E-state index is 4.73. The van der Waals surface area contributed by atoms with Crippen molar-refractivity contribution in [3.05, 3.63) is 58.3 Å². The second kappa shape index (κ2) is 9.59. The van der Waals surface area contributed by atoms with Gasteiger partial charge < -0.3 is 10.6 Å². The predicted octanol–water partition coefficient (Wildman–Crippen LogP) is 3.47. The van der Waals surface area contributed by atoms with Crippen LogP contribution < -0.4 is 10.6 Å². The fraction of sp³-hybridized carbons (Fsp3) is 0.450. The molecule has 0 atom stereocenters. The average molecular weight is 357 g/mol. The van der Waals surface area contributed by atoms with Gasteiger partial charge in [-0.1, -0.05) is 36.4 Å². The molecular weight excluding hydrogens is 328 g/mol. The van der Waals surface area contributed by atoms with Gasteiger partial charge in [-0.05, 0) is 36.8 Å². The lowest BCUT2D eigenvalue weighted by molar-refractivity contribution is 0.198. The van der Waals surface area contributed by atoms with Crippen LogP contribution in [-0.4, -0.2) is 36.5 Å². The number of hydrogen-bond donors (Lipinski definition) is 2. The number of piperidine rings is 1. The van der Waals surface area contributed by atoms with Crippen LogP contribution in [0, 0.1) is 0 Å². The number of nitrogens with zero attached hydrogens (tertiary/aromatic N) is 2. The molecule has 0 unspecified atom stereocenters. The van der Waals surface area contributed by atoms with E-state index in [0.29, 0.717) is 6.04 Å². The van der Waals surface area contributed by atoms with E-state index in [-0.39, 0.29) is 0 Å². The van der Waals surface area contributed by atoms with Crippen LogP contribution in [-0.2, 0) is 13.1 Å². The zero-order valence-electron chi connectivity index (χ0n) is 14.9. The highest BCUT2D eigenvalue weighted by molar-refractivity contribution is 7.09. The molecule has 1 aliphatic heterocycles. The van der Waals surface area contributed by atoms with Gasteiger partial charge in [-0.15, -0.1) is 11.3 Å². The second-order valence-electron chi connectivity index (χ2n) is 6.45. The minimum absolute atomic E-state index is 0.508. The maximum atomic E-state index is 4.73. The Labute approximate surface area is 155 Å². The van der Waals surface area contributed by atoms with Crippen molar-refractivity contribution < 1.29 is 0 Å². The van der Waals surface area contributed by atoms with Crippen molar-refractivity contribution in [2.75, 3.05) is 19.6 Å². The quantitative estimate of drug-likeness (QED) is 0.615. The zero-order valence-corrected chi connectivity index (χ0v) is 15.8. The molecule has 2 N–H and O–H groups in total. The number of rotatable bonds is 6. The van der Waals surface area contributed by atoms with Crippen molar-refractivity contribution in [2.24, 2.45) is 4.99 Å². The number of benzene rings is 1. The van der Waals surface area contributed by atoms with Gasteiger partial charge in [0, 0.05) is 37.1 Å². The molecule has 0 spiro atoms. The summed E-state index contributed by atoms with van der Waals surface area (Å²) < 4.78 is 0. The summed E-state index contributed by atoms with van der Waals surface area (Å²) in [4.78, 5) is 8.57. The third-order valence-corrected chi connectivity index (χ3v) is 5.36. The molecule has 4 nitrogen and oxygen atoms in total. The number of likely N-dealkylation sites (tertiary alicyclic amines) is 1. The van der Waals surface area contributed by atoms with E-state index in [1.165, 1.54) is 10.4 Å². The van der Waals surface area contributed by atoms with Gasteiger partial charge in [0.25, 0.3) is 0 Å². The largest absolute Gasteiger partial charge is 0.357 e. The van der Waals surface area contributed by atoms with Gasteiger partial charge in [-0.3, -0.25) is 4.90 Å². The molecule has 1 fully saturated rings. The molecule has 0 bridgehead atoms. The molecule has 0 radical (unpaired) electrons. The molecular formula is C20H28N4S. The van der Waals surface area contributed by atoms with E-state index in [9.17, 15) is 0 Å². The monoisotopic (exact) mass is 356 g/mol. The fourth-order valence-corrected chi connectivity index (χ4v) is 3.78. The summed E-state index contributed by atoms with van der Waals surface area (Å²) in [5.41, 5.74) is 1.40. The Hall–Kier alpha value is -1.85. The average Bonchev–Trinajstić information content (AvgIpc) is 3.16. The minimum Gasteiger partial charge on any atom is -0.357 e. The summed E-state index contributed by atoms with van der Waals surface area (Å²) in [5.74, 6) is 0.942. The summed E-state index contributed by atoms with van der Waals surface area (Å²) in [6.07, 6.45) is 2.33. The standard InChI is InChI=1S/C20H28N4S/c1-2-21-20(22-15-19-9-6-14-25-19)23-18-10-12-24(13-11-18)16-17-7-4-3-5-8-17/h3-9,14,18H,2,10-13,15-16H2,1H3,(H2,21,22,23). The summed E-state index contributed by atoms with van der Waals surface area (Å²) >= 11 is 1.76. The number of aliphatic imine (C=N–C) groups is 1. The van der Waals surface area contributed by atoms with E-state index in [1.54, 1.807) is 11.3 Å². The lowest BCUT2D eigenvalue weighted by atomic mass is 10.0. The first-order valence-electron chi connectivity index (χ1n) is 9.17. The van der Waals surface area contributed by atoms with E-state index in [0.717, 1.165) is 51.5 Å². The first kappa shape index (κ1) is 18.0. The van der Waals surface area contributed by atoms with Gasteiger partial charge in [0.2, 0.25) is 0 Å².